The van der Waals surface area contributed by atoms with Gasteiger partial charge < -0.3 is 14.8 Å². The average Bonchev–Trinajstić information content (AvgIpc) is 2.46. The zero-order valence-electron chi connectivity index (χ0n) is 11.0. The van der Waals surface area contributed by atoms with Crippen molar-refractivity contribution in [2.45, 2.75) is 12.8 Å². The summed E-state index contributed by atoms with van der Waals surface area (Å²) in [6.07, 6.45) is 1.58. The van der Waals surface area contributed by atoms with Gasteiger partial charge >= 0.3 is 0 Å². The first-order valence-electron chi connectivity index (χ1n) is 6.04. The molecule has 0 saturated heterocycles. The number of hydrogen-bond donors (Lipinski definition) is 1. The van der Waals surface area contributed by atoms with Crippen molar-refractivity contribution in [3.8, 4) is 0 Å². The first-order chi connectivity index (χ1) is 9.26. The summed E-state index contributed by atoms with van der Waals surface area (Å²) >= 11 is 3.54. The molecule has 0 saturated carbocycles. The van der Waals surface area contributed by atoms with Crippen LogP contribution in [0.3, 0.4) is 0 Å². The first kappa shape index (κ1) is 14.4. The van der Waals surface area contributed by atoms with Gasteiger partial charge in [0, 0.05) is 43.4 Å². The molecule has 1 aromatic heterocycles. The third-order valence-electron chi connectivity index (χ3n) is 2.95. The Kier molecular flexibility index (Phi) is 5.27. The van der Waals surface area contributed by atoms with Gasteiger partial charge in [0.15, 0.2) is 6.29 Å². The molecular weight excluding hydrogens is 308 g/mol. The molecule has 0 aliphatic carbocycles. The summed E-state index contributed by atoms with van der Waals surface area (Å²) in [7, 11) is 3.26. The van der Waals surface area contributed by atoms with Gasteiger partial charge in [-0.05, 0) is 17.7 Å². The highest BCUT2D eigenvalue weighted by atomic mass is 79.9. The Balaban J connectivity index is 2.11. The number of halogens is 1. The Morgan fingerprint density at radius 1 is 1.26 bits per heavy atom. The second kappa shape index (κ2) is 6.96. The maximum Gasteiger partial charge on any atom is 0.169 e. The van der Waals surface area contributed by atoms with E-state index in [1.165, 1.54) is 0 Å². The van der Waals surface area contributed by atoms with Crippen LogP contribution in [-0.2, 0) is 16.0 Å². The van der Waals surface area contributed by atoms with E-state index in [0.29, 0.717) is 6.54 Å². The minimum Gasteiger partial charge on any atom is -0.355 e. The van der Waals surface area contributed by atoms with Gasteiger partial charge in [0.25, 0.3) is 0 Å². The van der Waals surface area contributed by atoms with Crippen LogP contribution < -0.4 is 5.32 Å². The van der Waals surface area contributed by atoms with Crippen molar-refractivity contribution in [3.05, 3.63) is 40.5 Å². The van der Waals surface area contributed by atoms with Crippen LogP contribution in [0.4, 0.5) is 0 Å². The summed E-state index contributed by atoms with van der Waals surface area (Å²) in [5.41, 5.74) is 2.17. The number of nitrogens with zero attached hydrogens (tertiary/aromatic N) is 1. The lowest BCUT2D eigenvalue weighted by Crippen LogP contribution is -2.29. The van der Waals surface area contributed by atoms with E-state index in [4.69, 9.17) is 9.47 Å². The summed E-state index contributed by atoms with van der Waals surface area (Å²) in [4.78, 5) is 4.45. The Morgan fingerprint density at radius 2 is 2.05 bits per heavy atom. The molecule has 0 fully saturated rings. The van der Waals surface area contributed by atoms with E-state index >= 15 is 0 Å². The molecule has 4 nitrogen and oxygen atoms in total. The highest BCUT2D eigenvalue weighted by Gasteiger charge is 2.07. The van der Waals surface area contributed by atoms with Gasteiger partial charge in [-0.2, -0.15) is 0 Å². The maximum absolute atomic E-state index is 5.14. The number of methoxy groups -OCH3 is 2. The van der Waals surface area contributed by atoms with Crippen LogP contribution >= 0.6 is 15.9 Å². The summed E-state index contributed by atoms with van der Waals surface area (Å²) in [5, 5.41) is 4.43. The van der Waals surface area contributed by atoms with Gasteiger partial charge in [0.05, 0.1) is 5.52 Å². The fourth-order valence-corrected chi connectivity index (χ4v) is 2.38. The van der Waals surface area contributed by atoms with Gasteiger partial charge in [-0.1, -0.05) is 28.1 Å². The van der Waals surface area contributed by atoms with Gasteiger partial charge in [0.2, 0.25) is 0 Å². The fraction of sp³-hybridized carbons (Fsp3) is 0.357. The van der Waals surface area contributed by atoms with Crippen molar-refractivity contribution in [1.29, 1.82) is 0 Å². The van der Waals surface area contributed by atoms with E-state index in [0.717, 1.165) is 27.5 Å². The second-order valence-electron chi connectivity index (χ2n) is 4.14. The number of nitrogens with one attached hydrogen (secondary N) is 1. The van der Waals surface area contributed by atoms with Gasteiger partial charge in [-0.15, -0.1) is 0 Å². The van der Waals surface area contributed by atoms with Crippen LogP contribution in [0.25, 0.3) is 10.9 Å². The number of hydrogen-bond acceptors (Lipinski definition) is 4. The molecule has 5 heteroatoms. The van der Waals surface area contributed by atoms with Crippen LogP contribution in [0.1, 0.15) is 5.56 Å². The molecule has 0 unspecified atom stereocenters. The topological polar surface area (TPSA) is 43.4 Å². The minimum atomic E-state index is -0.227. The zero-order valence-corrected chi connectivity index (χ0v) is 12.6. The normalized spacial score (nSPS) is 11.4. The quantitative estimate of drug-likeness (QED) is 0.830. The van der Waals surface area contributed by atoms with Crippen LogP contribution in [0.15, 0.2) is 34.9 Å². The molecule has 0 amide bonds. The Labute approximate surface area is 121 Å². The predicted molar refractivity (Wildman–Crippen MR) is 79.0 cm³/mol. The summed E-state index contributed by atoms with van der Waals surface area (Å²) in [6.45, 7) is 1.36. The van der Waals surface area contributed by atoms with E-state index < -0.39 is 0 Å². The van der Waals surface area contributed by atoms with E-state index in [9.17, 15) is 0 Å². The molecule has 0 bridgehead atoms. The molecule has 0 aliphatic heterocycles. The lowest BCUT2D eigenvalue weighted by Gasteiger charge is -2.14. The zero-order chi connectivity index (χ0) is 13.7. The monoisotopic (exact) mass is 324 g/mol. The average molecular weight is 325 g/mol. The maximum atomic E-state index is 5.14. The minimum absolute atomic E-state index is 0.227. The molecular formula is C14H17BrN2O2. The van der Waals surface area contributed by atoms with Crippen molar-refractivity contribution in [3.63, 3.8) is 0 Å². The summed E-state index contributed by atoms with van der Waals surface area (Å²) in [6, 6.07) is 8.12. The first-order valence-corrected chi connectivity index (χ1v) is 6.84. The smallest absolute Gasteiger partial charge is 0.169 e. The molecule has 19 heavy (non-hydrogen) atoms. The van der Waals surface area contributed by atoms with Gasteiger partial charge in [-0.3, -0.25) is 4.98 Å². The molecule has 0 spiro atoms. The molecule has 0 aliphatic rings. The Bertz CT molecular complexity index is 544. The molecule has 1 aromatic carbocycles. The standard InChI is InChI=1S/C14H17BrN2O2/c1-18-13(19-2)9-16-8-10-5-6-12(15)11-4-3-7-17-14(10)11/h3-7,13,16H,8-9H2,1-2H3. The highest BCUT2D eigenvalue weighted by molar-refractivity contribution is 9.10. The Morgan fingerprint density at radius 3 is 2.79 bits per heavy atom. The van der Waals surface area contributed by atoms with E-state index in [1.54, 1.807) is 14.2 Å². The predicted octanol–water partition coefficient (Wildman–Crippen LogP) is 2.71. The van der Waals surface area contributed by atoms with Crippen LogP contribution in [0, 0.1) is 0 Å². The van der Waals surface area contributed by atoms with E-state index in [2.05, 4.69) is 38.4 Å². The van der Waals surface area contributed by atoms with Crippen LogP contribution in [0.5, 0.6) is 0 Å². The number of ether oxygens (including phenoxy) is 2. The molecule has 102 valence electrons. The molecule has 1 N–H and O–H groups in total. The van der Waals surface area contributed by atoms with Crippen molar-refractivity contribution in [1.82, 2.24) is 10.3 Å². The number of rotatable bonds is 6. The lowest BCUT2D eigenvalue weighted by molar-refractivity contribution is -0.0988. The molecule has 0 atom stereocenters. The molecule has 0 radical (unpaired) electrons. The summed E-state index contributed by atoms with van der Waals surface area (Å²) in [5.74, 6) is 0. The van der Waals surface area contributed by atoms with E-state index in [-0.39, 0.29) is 6.29 Å². The van der Waals surface area contributed by atoms with Crippen molar-refractivity contribution >= 4 is 26.8 Å². The Hall–Kier alpha value is -1.01. The number of benzene rings is 1. The third kappa shape index (κ3) is 3.51. The number of pyridine rings is 1. The van der Waals surface area contributed by atoms with Crippen LogP contribution in [-0.4, -0.2) is 32.0 Å². The SMILES string of the molecule is COC(CNCc1ccc(Br)c2cccnc12)OC. The largest absolute Gasteiger partial charge is 0.355 e. The van der Waals surface area contributed by atoms with Crippen molar-refractivity contribution in [2.75, 3.05) is 20.8 Å². The fourth-order valence-electron chi connectivity index (χ4n) is 1.93. The third-order valence-corrected chi connectivity index (χ3v) is 3.64. The van der Waals surface area contributed by atoms with Crippen molar-refractivity contribution in [2.24, 2.45) is 0 Å². The molecule has 2 aromatic rings. The van der Waals surface area contributed by atoms with Gasteiger partial charge in [0.1, 0.15) is 0 Å². The number of fused-ring (bicyclic) bond motifs is 1. The number of aromatic nitrogens is 1. The van der Waals surface area contributed by atoms with E-state index in [1.807, 2.05) is 18.3 Å². The highest BCUT2D eigenvalue weighted by Crippen LogP contribution is 2.25. The second-order valence-corrected chi connectivity index (χ2v) is 4.99. The molecule has 1 heterocycles. The van der Waals surface area contributed by atoms with Crippen molar-refractivity contribution < 1.29 is 9.47 Å². The molecule has 2 rings (SSSR count). The van der Waals surface area contributed by atoms with Gasteiger partial charge in [-0.25, -0.2) is 0 Å². The van der Waals surface area contributed by atoms with Crippen LogP contribution in [0.2, 0.25) is 0 Å². The lowest BCUT2D eigenvalue weighted by atomic mass is 10.1. The summed E-state index contributed by atoms with van der Waals surface area (Å²) < 4.78 is 11.3.